The molecule has 0 aromatic heterocycles. The molecule has 3 atom stereocenters. The van der Waals surface area contributed by atoms with Crippen LogP contribution in [-0.4, -0.2) is 5.38 Å². The SMILES string of the molecule is CCC1CCC(Cl)C(Cc2ccc(Cl)cc2F)C1. The van der Waals surface area contributed by atoms with Crippen molar-refractivity contribution in [2.24, 2.45) is 11.8 Å². The monoisotopic (exact) mass is 288 g/mol. The molecule has 1 aromatic carbocycles. The average molecular weight is 289 g/mol. The first-order chi connectivity index (χ1) is 8.60. The summed E-state index contributed by atoms with van der Waals surface area (Å²) in [6, 6.07) is 4.93. The third-order valence-electron chi connectivity index (χ3n) is 4.07. The van der Waals surface area contributed by atoms with Crippen molar-refractivity contribution in [1.29, 1.82) is 0 Å². The minimum atomic E-state index is -0.204. The molecule has 1 saturated carbocycles. The van der Waals surface area contributed by atoms with Gasteiger partial charge in [-0.3, -0.25) is 0 Å². The van der Waals surface area contributed by atoms with Crippen molar-refractivity contribution in [3.63, 3.8) is 0 Å². The molecule has 3 unspecified atom stereocenters. The van der Waals surface area contributed by atoms with Crippen LogP contribution in [-0.2, 0) is 6.42 Å². The van der Waals surface area contributed by atoms with Crippen LogP contribution >= 0.6 is 23.2 Å². The average Bonchev–Trinajstić information content (AvgIpc) is 2.35. The Balaban J connectivity index is 2.07. The van der Waals surface area contributed by atoms with Gasteiger partial charge >= 0.3 is 0 Å². The van der Waals surface area contributed by atoms with Crippen LogP contribution in [0.1, 0.15) is 38.2 Å². The van der Waals surface area contributed by atoms with E-state index in [1.165, 1.54) is 18.9 Å². The molecule has 0 aliphatic heterocycles. The lowest BCUT2D eigenvalue weighted by Crippen LogP contribution is -2.27. The number of benzene rings is 1. The first kappa shape index (κ1) is 14.1. The van der Waals surface area contributed by atoms with Crippen LogP contribution in [0.2, 0.25) is 5.02 Å². The summed E-state index contributed by atoms with van der Waals surface area (Å²) in [4.78, 5) is 0. The minimum absolute atomic E-state index is 0.183. The Labute approximate surface area is 118 Å². The normalized spacial score (nSPS) is 28.3. The third-order valence-corrected chi connectivity index (χ3v) is 4.88. The fraction of sp³-hybridized carbons (Fsp3) is 0.600. The van der Waals surface area contributed by atoms with Crippen molar-refractivity contribution in [3.05, 3.63) is 34.6 Å². The molecular formula is C15H19Cl2F. The Bertz CT molecular complexity index is 405. The van der Waals surface area contributed by atoms with Gasteiger partial charge in [0.05, 0.1) is 0 Å². The maximum absolute atomic E-state index is 13.8. The van der Waals surface area contributed by atoms with Crippen LogP contribution < -0.4 is 0 Å². The van der Waals surface area contributed by atoms with Gasteiger partial charge in [-0.1, -0.05) is 31.0 Å². The molecule has 0 radical (unpaired) electrons. The second kappa shape index (κ2) is 6.25. The predicted molar refractivity (Wildman–Crippen MR) is 75.9 cm³/mol. The summed E-state index contributed by atoms with van der Waals surface area (Å²) in [5.74, 6) is 0.936. The van der Waals surface area contributed by atoms with Crippen LogP contribution in [0.5, 0.6) is 0 Å². The van der Waals surface area contributed by atoms with Crippen molar-refractivity contribution < 1.29 is 4.39 Å². The lowest BCUT2D eigenvalue weighted by atomic mass is 9.77. The molecule has 0 bridgehead atoms. The van der Waals surface area contributed by atoms with Crippen molar-refractivity contribution in [2.75, 3.05) is 0 Å². The molecule has 1 aliphatic carbocycles. The largest absolute Gasteiger partial charge is 0.207 e. The maximum atomic E-state index is 13.8. The fourth-order valence-corrected chi connectivity index (χ4v) is 3.35. The van der Waals surface area contributed by atoms with Gasteiger partial charge in [0.1, 0.15) is 5.82 Å². The highest BCUT2D eigenvalue weighted by Crippen LogP contribution is 2.36. The van der Waals surface area contributed by atoms with Gasteiger partial charge in [-0.15, -0.1) is 11.6 Å². The van der Waals surface area contributed by atoms with Gasteiger partial charge in [0.25, 0.3) is 0 Å². The Hall–Kier alpha value is -0.270. The molecule has 0 nitrogen and oxygen atoms in total. The van der Waals surface area contributed by atoms with Gasteiger partial charge in [-0.2, -0.15) is 0 Å². The van der Waals surface area contributed by atoms with E-state index >= 15 is 0 Å². The Kier molecular flexibility index (Phi) is 4.91. The van der Waals surface area contributed by atoms with E-state index in [4.69, 9.17) is 23.2 Å². The molecule has 1 aliphatic rings. The molecule has 0 amide bonds. The van der Waals surface area contributed by atoms with Crippen LogP contribution in [0.3, 0.4) is 0 Å². The second-order valence-electron chi connectivity index (χ2n) is 5.30. The number of hydrogen-bond acceptors (Lipinski definition) is 0. The van der Waals surface area contributed by atoms with Gasteiger partial charge in [0.2, 0.25) is 0 Å². The summed E-state index contributed by atoms with van der Waals surface area (Å²) >= 11 is 12.2. The van der Waals surface area contributed by atoms with Crippen LogP contribution in [0.15, 0.2) is 18.2 Å². The highest BCUT2D eigenvalue weighted by Gasteiger charge is 2.28. The molecule has 18 heavy (non-hydrogen) atoms. The van der Waals surface area contributed by atoms with E-state index in [1.807, 2.05) is 0 Å². The molecule has 1 aromatic rings. The molecular weight excluding hydrogens is 270 g/mol. The fourth-order valence-electron chi connectivity index (χ4n) is 2.88. The number of halogens is 3. The van der Waals surface area contributed by atoms with Gasteiger partial charge < -0.3 is 0 Å². The maximum Gasteiger partial charge on any atom is 0.127 e. The van der Waals surface area contributed by atoms with Crippen molar-refractivity contribution >= 4 is 23.2 Å². The second-order valence-corrected chi connectivity index (χ2v) is 6.30. The van der Waals surface area contributed by atoms with E-state index in [0.29, 0.717) is 10.9 Å². The standard InChI is InChI=1S/C15H19Cl2F/c1-2-10-3-6-14(17)12(7-10)8-11-4-5-13(16)9-15(11)18/h4-5,9-10,12,14H,2-3,6-8H2,1H3. The van der Waals surface area contributed by atoms with E-state index in [1.54, 1.807) is 12.1 Å². The van der Waals surface area contributed by atoms with Gasteiger partial charge in [0, 0.05) is 10.4 Å². The van der Waals surface area contributed by atoms with Crippen LogP contribution in [0.4, 0.5) is 4.39 Å². The van der Waals surface area contributed by atoms with Crippen molar-refractivity contribution in [3.8, 4) is 0 Å². The molecule has 2 rings (SSSR count). The summed E-state index contributed by atoms with van der Waals surface area (Å²) in [5, 5.41) is 0.636. The van der Waals surface area contributed by atoms with Crippen LogP contribution in [0.25, 0.3) is 0 Å². The summed E-state index contributed by atoms with van der Waals surface area (Å²) in [6.07, 6.45) is 5.31. The highest BCUT2D eigenvalue weighted by molar-refractivity contribution is 6.30. The number of alkyl halides is 1. The van der Waals surface area contributed by atoms with E-state index in [2.05, 4.69) is 6.92 Å². The molecule has 0 N–H and O–H groups in total. The summed E-state index contributed by atoms with van der Waals surface area (Å²) in [7, 11) is 0. The molecule has 0 heterocycles. The van der Waals surface area contributed by atoms with Crippen molar-refractivity contribution in [2.45, 2.75) is 44.4 Å². The molecule has 1 fully saturated rings. The molecule has 0 spiro atoms. The number of rotatable bonds is 3. The Morgan fingerprint density at radius 1 is 1.33 bits per heavy atom. The topological polar surface area (TPSA) is 0 Å². The summed E-state index contributed by atoms with van der Waals surface area (Å²) in [6.45, 7) is 2.22. The number of hydrogen-bond donors (Lipinski definition) is 0. The van der Waals surface area contributed by atoms with E-state index in [9.17, 15) is 4.39 Å². The minimum Gasteiger partial charge on any atom is -0.207 e. The highest BCUT2D eigenvalue weighted by atomic mass is 35.5. The van der Waals surface area contributed by atoms with Gasteiger partial charge in [0.15, 0.2) is 0 Å². The molecule has 0 saturated heterocycles. The smallest absolute Gasteiger partial charge is 0.127 e. The van der Waals surface area contributed by atoms with E-state index in [0.717, 1.165) is 30.7 Å². The lowest BCUT2D eigenvalue weighted by Gasteiger charge is -2.32. The predicted octanol–water partition coefficient (Wildman–Crippen LogP) is 5.46. The molecule has 3 heteroatoms. The first-order valence-corrected chi connectivity index (χ1v) is 7.49. The van der Waals surface area contributed by atoms with Crippen LogP contribution in [0, 0.1) is 17.7 Å². The summed E-state index contributed by atoms with van der Waals surface area (Å²) < 4.78 is 13.8. The van der Waals surface area contributed by atoms with Crippen molar-refractivity contribution in [1.82, 2.24) is 0 Å². The first-order valence-electron chi connectivity index (χ1n) is 6.68. The zero-order valence-electron chi connectivity index (χ0n) is 10.6. The van der Waals surface area contributed by atoms with Gasteiger partial charge in [-0.25, -0.2) is 4.39 Å². The molecule has 100 valence electrons. The zero-order chi connectivity index (χ0) is 13.1. The lowest BCUT2D eigenvalue weighted by molar-refractivity contribution is 0.263. The van der Waals surface area contributed by atoms with E-state index in [-0.39, 0.29) is 11.2 Å². The Morgan fingerprint density at radius 2 is 2.11 bits per heavy atom. The zero-order valence-corrected chi connectivity index (χ0v) is 12.1. The third kappa shape index (κ3) is 3.39. The van der Waals surface area contributed by atoms with Gasteiger partial charge in [-0.05, 0) is 55.2 Å². The quantitative estimate of drug-likeness (QED) is 0.648. The Morgan fingerprint density at radius 3 is 2.78 bits per heavy atom. The summed E-state index contributed by atoms with van der Waals surface area (Å²) in [5.41, 5.74) is 0.742. The van der Waals surface area contributed by atoms with E-state index < -0.39 is 0 Å².